The first kappa shape index (κ1) is 12.6. The van der Waals surface area contributed by atoms with Crippen molar-refractivity contribution in [2.45, 2.75) is 39.3 Å². The predicted molar refractivity (Wildman–Crippen MR) is 67.5 cm³/mol. The van der Waals surface area contributed by atoms with Crippen molar-refractivity contribution >= 4 is 29.0 Å². The number of amides is 1. The quantitative estimate of drug-likeness (QED) is 0.730. The normalized spacial score (nSPS) is 15.6. The van der Waals surface area contributed by atoms with Gasteiger partial charge in [0.05, 0.1) is 12.2 Å². The number of carbonyl (C=O) groups excluding carboxylic acids is 1. The molecule has 0 spiro atoms. The highest BCUT2D eigenvalue weighted by atomic mass is 35.5. The van der Waals surface area contributed by atoms with Gasteiger partial charge in [-0.3, -0.25) is 0 Å². The molecule has 0 unspecified atom stereocenters. The van der Waals surface area contributed by atoms with Crippen LogP contribution < -0.4 is 0 Å². The molecule has 1 amide bonds. The molecule has 0 aliphatic carbocycles. The van der Waals surface area contributed by atoms with E-state index in [0.717, 1.165) is 12.1 Å². The first-order valence-corrected chi connectivity index (χ1v) is 6.66. The molecule has 0 radical (unpaired) electrons. The fourth-order valence-corrected chi connectivity index (χ4v) is 2.81. The SMILES string of the molecule is CC(C)(C)OC(=O)N1CCc2sc(Cl)nc2C1. The van der Waals surface area contributed by atoms with E-state index in [1.807, 2.05) is 20.8 Å². The molecule has 17 heavy (non-hydrogen) atoms. The lowest BCUT2D eigenvalue weighted by Gasteiger charge is -2.29. The lowest BCUT2D eigenvalue weighted by atomic mass is 10.2. The number of nitrogens with zero attached hydrogens (tertiary/aromatic N) is 2. The van der Waals surface area contributed by atoms with E-state index < -0.39 is 5.60 Å². The van der Waals surface area contributed by atoms with Crippen molar-refractivity contribution in [3.05, 3.63) is 15.0 Å². The van der Waals surface area contributed by atoms with Crippen molar-refractivity contribution in [3.63, 3.8) is 0 Å². The number of aromatic nitrogens is 1. The van der Waals surface area contributed by atoms with Crippen molar-refractivity contribution in [2.75, 3.05) is 6.54 Å². The van der Waals surface area contributed by atoms with Crippen LogP contribution in [-0.4, -0.2) is 28.1 Å². The Morgan fingerprint density at radius 1 is 1.53 bits per heavy atom. The Balaban J connectivity index is 2.05. The third-order valence-electron chi connectivity index (χ3n) is 2.35. The number of ether oxygens (including phenoxy) is 1. The largest absolute Gasteiger partial charge is 0.444 e. The molecule has 0 bridgehead atoms. The number of halogens is 1. The van der Waals surface area contributed by atoms with Crippen molar-refractivity contribution in [1.29, 1.82) is 0 Å². The topological polar surface area (TPSA) is 42.4 Å². The minimum atomic E-state index is -0.461. The maximum Gasteiger partial charge on any atom is 0.410 e. The summed E-state index contributed by atoms with van der Waals surface area (Å²) in [6, 6.07) is 0. The Bertz CT molecular complexity index is 439. The Kier molecular flexibility index (Phi) is 3.32. The summed E-state index contributed by atoms with van der Waals surface area (Å²) in [5.74, 6) is 0. The van der Waals surface area contributed by atoms with Gasteiger partial charge in [0.15, 0.2) is 4.47 Å². The molecule has 6 heteroatoms. The first-order valence-electron chi connectivity index (χ1n) is 5.47. The van der Waals surface area contributed by atoms with Crippen molar-refractivity contribution in [2.24, 2.45) is 0 Å². The summed E-state index contributed by atoms with van der Waals surface area (Å²) in [5, 5.41) is 0. The van der Waals surface area contributed by atoms with E-state index in [4.69, 9.17) is 16.3 Å². The van der Waals surface area contributed by atoms with Crippen LogP contribution >= 0.6 is 22.9 Å². The van der Waals surface area contributed by atoms with Crippen LogP contribution in [0.5, 0.6) is 0 Å². The summed E-state index contributed by atoms with van der Waals surface area (Å²) in [6.07, 6.45) is 0.520. The summed E-state index contributed by atoms with van der Waals surface area (Å²) < 4.78 is 5.87. The molecule has 1 aliphatic heterocycles. The number of hydrogen-bond acceptors (Lipinski definition) is 4. The molecule has 1 aromatic rings. The minimum absolute atomic E-state index is 0.285. The Hall–Kier alpha value is -0.810. The fourth-order valence-electron chi connectivity index (χ4n) is 1.65. The third-order valence-corrected chi connectivity index (χ3v) is 3.62. The second kappa shape index (κ2) is 4.46. The monoisotopic (exact) mass is 274 g/mol. The van der Waals surface area contributed by atoms with Gasteiger partial charge in [-0.05, 0) is 20.8 Å². The molecule has 0 saturated carbocycles. The Morgan fingerprint density at radius 3 is 2.88 bits per heavy atom. The second-order valence-electron chi connectivity index (χ2n) is 4.99. The molecule has 4 nitrogen and oxygen atoms in total. The smallest absolute Gasteiger partial charge is 0.410 e. The first-order chi connectivity index (χ1) is 7.85. The third kappa shape index (κ3) is 3.10. The molecular weight excluding hydrogens is 260 g/mol. The highest BCUT2D eigenvalue weighted by Gasteiger charge is 2.27. The van der Waals surface area contributed by atoms with Crippen LogP contribution in [0.1, 0.15) is 31.3 Å². The molecule has 0 N–H and O–H groups in total. The van der Waals surface area contributed by atoms with E-state index in [9.17, 15) is 4.79 Å². The highest BCUT2D eigenvalue weighted by Crippen LogP contribution is 2.28. The van der Waals surface area contributed by atoms with Gasteiger partial charge in [0.25, 0.3) is 0 Å². The van der Waals surface area contributed by atoms with E-state index in [0.29, 0.717) is 17.6 Å². The van der Waals surface area contributed by atoms with E-state index in [-0.39, 0.29) is 6.09 Å². The van der Waals surface area contributed by atoms with Crippen LogP contribution in [0.25, 0.3) is 0 Å². The van der Waals surface area contributed by atoms with E-state index in [2.05, 4.69) is 4.98 Å². The van der Waals surface area contributed by atoms with Crippen LogP contribution in [0.4, 0.5) is 4.79 Å². The van der Waals surface area contributed by atoms with Gasteiger partial charge in [0.2, 0.25) is 0 Å². The standard InChI is InChI=1S/C11H15ClN2O2S/c1-11(2,3)16-10(15)14-5-4-8-7(6-14)13-9(12)17-8/h4-6H2,1-3H3. The number of hydrogen-bond donors (Lipinski definition) is 0. The lowest BCUT2D eigenvalue weighted by molar-refractivity contribution is 0.0222. The van der Waals surface area contributed by atoms with Crippen molar-refractivity contribution in [3.8, 4) is 0 Å². The lowest BCUT2D eigenvalue weighted by Crippen LogP contribution is -2.39. The van der Waals surface area contributed by atoms with E-state index in [1.54, 1.807) is 4.90 Å². The molecular formula is C11H15ClN2O2S. The zero-order valence-electron chi connectivity index (χ0n) is 10.1. The van der Waals surface area contributed by atoms with Gasteiger partial charge in [0.1, 0.15) is 5.60 Å². The summed E-state index contributed by atoms with van der Waals surface area (Å²) in [7, 11) is 0. The molecule has 2 heterocycles. The minimum Gasteiger partial charge on any atom is -0.444 e. The molecule has 1 aromatic heterocycles. The molecule has 0 fully saturated rings. The summed E-state index contributed by atoms with van der Waals surface area (Å²) in [4.78, 5) is 18.9. The van der Waals surface area contributed by atoms with Crippen LogP contribution in [0, 0.1) is 0 Å². The van der Waals surface area contributed by atoms with Gasteiger partial charge < -0.3 is 9.64 Å². The molecule has 1 aliphatic rings. The molecule has 0 atom stereocenters. The van der Waals surface area contributed by atoms with Gasteiger partial charge in [0, 0.05) is 17.8 Å². The maximum absolute atomic E-state index is 11.9. The van der Waals surface area contributed by atoms with E-state index >= 15 is 0 Å². The fraction of sp³-hybridized carbons (Fsp3) is 0.636. The van der Waals surface area contributed by atoms with Crippen LogP contribution in [-0.2, 0) is 17.7 Å². The Labute approximate surface area is 110 Å². The van der Waals surface area contributed by atoms with Gasteiger partial charge in [-0.1, -0.05) is 11.6 Å². The summed E-state index contributed by atoms with van der Waals surface area (Å²) >= 11 is 7.35. The van der Waals surface area contributed by atoms with Crippen molar-refractivity contribution < 1.29 is 9.53 Å². The van der Waals surface area contributed by atoms with Crippen LogP contribution in [0.3, 0.4) is 0 Å². The van der Waals surface area contributed by atoms with Gasteiger partial charge in [-0.15, -0.1) is 11.3 Å². The van der Waals surface area contributed by atoms with Crippen LogP contribution in [0.15, 0.2) is 0 Å². The molecule has 0 aromatic carbocycles. The summed E-state index contributed by atoms with van der Waals surface area (Å²) in [6.45, 7) is 6.74. The average Bonchev–Trinajstić information content (AvgIpc) is 2.53. The number of carbonyl (C=O) groups is 1. The van der Waals surface area contributed by atoms with Crippen molar-refractivity contribution in [1.82, 2.24) is 9.88 Å². The highest BCUT2D eigenvalue weighted by molar-refractivity contribution is 7.15. The number of rotatable bonds is 0. The molecule has 0 saturated heterocycles. The molecule has 2 rings (SSSR count). The van der Waals surface area contributed by atoms with Crippen LogP contribution in [0.2, 0.25) is 4.47 Å². The predicted octanol–water partition coefficient (Wildman–Crippen LogP) is 3.09. The van der Waals surface area contributed by atoms with Gasteiger partial charge in [-0.2, -0.15) is 0 Å². The zero-order chi connectivity index (χ0) is 12.6. The molecule has 94 valence electrons. The average molecular weight is 275 g/mol. The maximum atomic E-state index is 11.9. The number of fused-ring (bicyclic) bond motifs is 1. The summed E-state index contributed by atoms with van der Waals surface area (Å²) in [5.41, 5.74) is 0.439. The second-order valence-corrected chi connectivity index (χ2v) is 6.65. The van der Waals surface area contributed by atoms with Gasteiger partial charge in [-0.25, -0.2) is 9.78 Å². The van der Waals surface area contributed by atoms with E-state index in [1.165, 1.54) is 16.2 Å². The Morgan fingerprint density at radius 2 is 2.24 bits per heavy atom. The number of thiazole rings is 1. The zero-order valence-corrected chi connectivity index (χ0v) is 11.7. The van der Waals surface area contributed by atoms with Gasteiger partial charge >= 0.3 is 6.09 Å².